The van der Waals surface area contributed by atoms with Crippen molar-refractivity contribution in [3.63, 3.8) is 0 Å². The van der Waals surface area contributed by atoms with Crippen molar-refractivity contribution in [3.8, 4) is 0 Å². The molecular formula is C2H2Cl2O2Re. The van der Waals surface area contributed by atoms with Gasteiger partial charge in [-0.1, -0.05) is 23.2 Å². The van der Waals surface area contributed by atoms with Crippen LogP contribution in [0.5, 0.6) is 0 Å². The number of rotatable bonds is 1. The van der Waals surface area contributed by atoms with Crippen molar-refractivity contribution in [3.05, 3.63) is 0 Å². The average molecular weight is 315 g/mol. The molecule has 0 saturated carbocycles. The van der Waals surface area contributed by atoms with Crippen LogP contribution in [0.1, 0.15) is 0 Å². The number of hydrogen-bond acceptors (Lipinski definition) is 1. The molecule has 1 N–H and O–H groups in total. The summed E-state index contributed by atoms with van der Waals surface area (Å²) in [6.45, 7) is 0. The molecule has 0 aromatic heterocycles. The molecule has 5 heteroatoms. The predicted molar refractivity (Wildman–Crippen MR) is 23.1 cm³/mol. The van der Waals surface area contributed by atoms with Crippen LogP contribution in [0.4, 0.5) is 0 Å². The molecule has 0 aliphatic rings. The molecule has 0 fully saturated rings. The minimum atomic E-state index is -1.29. The topological polar surface area (TPSA) is 37.3 Å². The van der Waals surface area contributed by atoms with Crippen molar-refractivity contribution in [1.29, 1.82) is 0 Å². The van der Waals surface area contributed by atoms with Crippen LogP contribution in [0, 0.1) is 0 Å². The number of hydrogen-bond donors (Lipinski definition) is 1. The van der Waals surface area contributed by atoms with Crippen molar-refractivity contribution >= 4 is 29.2 Å². The van der Waals surface area contributed by atoms with Gasteiger partial charge in [-0.3, -0.25) is 0 Å². The van der Waals surface area contributed by atoms with Crippen molar-refractivity contribution in [1.82, 2.24) is 0 Å². The second kappa shape index (κ2) is 4.86. The van der Waals surface area contributed by atoms with E-state index >= 15 is 0 Å². The molecule has 43 valence electrons. The fraction of sp³-hybridized carbons (Fsp3) is 0.500. The van der Waals surface area contributed by atoms with Crippen LogP contribution < -0.4 is 0 Å². The smallest absolute Gasteiger partial charge is 0.337 e. The Morgan fingerprint density at radius 3 is 1.71 bits per heavy atom. The summed E-state index contributed by atoms with van der Waals surface area (Å²) in [5.41, 5.74) is 0. The number of aliphatic carboxylic acids is 1. The molecule has 0 aromatic rings. The van der Waals surface area contributed by atoms with Gasteiger partial charge in [0, 0.05) is 20.4 Å². The fourth-order valence-corrected chi connectivity index (χ4v) is 0. The molecule has 0 aromatic carbocycles. The number of carboxylic acids is 1. The van der Waals surface area contributed by atoms with E-state index in [1.54, 1.807) is 0 Å². The molecule has 0 heterocycles. The maximum atomic E-state index is 9.44. The standard InChI is InChI=1S/C2H2Cl2O2.Re/c3-1(4)2(5)6;/h1H,(H,5,6);. The van der Waals surface area contributed by atoms with E-state index in [9.17, 15) is 4.79 Å². The molecule has 0 aliphatic heterocycles. The zero-order chi connectivity index (χ0) is 5.15. The number of carbonyl (C=O) groups is 1. The van der Waals surface area contributed by atoms with E-state index in [4.69, 9.17) is 28.3 Å². The zero-order valence-electron chi connectivity index (χ0n) is 3.07. The number of alkyl halides is 2. The molecule has 0 spiro atoms. The monoisotopic (exact) mass is 315 g/mol. The van der Waals surface area contributed by atoms with Gasteiger partial charge in [0.05, 0.1) is 0 Å². The second-order valence-corrected chi connectivity index (χ2v) is 1.74. The van der Waals surface area contributed by atoms with Gasteiger partial charge in [-0.15, -0.1) is 0 Å². The van der Waals surface area contributed by atoms with Crippen LogP contribution in [0.2, 0.25) is 0 Å². The zero-order valence-corrected chi connectivity index (χ0v) is 7.29. The van der Waals surface area contributed by atoms with Gasteiger partial charge in [0.25, 0.3) is 0 Å². The molecular weight excluding hydrogens is 313 g/mol. The van der Waals surface area contributed by atoms with Crippen LogP contribution >= 0.6 is 23.2 Å². The van der Waals surface area contributed by atoms with Gasteiger partial charge < -0.3 is 5.11 Å². The minimum Gasteiger partial charge on any atom is -0.479 e. The van der Waals surface area contributed by atoms with Crippen LogP contribution in [-0.4, -0.2) is 15.9 Å². The summed E-state index contributed by atoms with van der Waals surface area (Å²) in [7, 11) is 0. The van der Waals surface area contributed by atoms with Gasteiger partial charge in [-0.05, 0) is 0 Å². The SMILES string of the molecule is O=C(O)C(Cl)Cl.[Re]. The maximum Gasteiger partial charge on any atom is 0.337 e. The Hall–Kier alpha value is 0.712. The fourth-order valence-electron chi connectivity index (χ4n) is 0. The Labute approximate surface area is 64.4 Å². The third-order valence-corrected chi connectivity index (χ3v) is 0.560. The van der Waals surface area contributed by atoms with Crippen LogP contribution in [0.25, 0.3) is 0 Å². The van der Waals surface area contributed by atoms with E-state index in [1.165, 1.54) is 0 Å². The Bertz CT molecular complexity index is 64.7. The van der Waals surface area contributed by atoms with Crippen molar-refractivity contribution in [2.45, 2.75) is 4.84 Å². The van der Waals surface area contributed by atoms with Gasteiger partial charge in [0.1, 0.15) is 0 Å². The normalized spacial score (nSPS) is 7.86. The van der Waals surface area contributed by atoms with Gasteiger partial charge in [-0.2, -0.15) is 0 Å². The third-order valence-electron chi connectivity index (χ3n) is 0.187. The van der Waals surface area contributed by atoms with Crippen molar-refractivity contribution in [2.75, 3.05) is 0 Å². The number of carboxylic acid groups (broad SMARTS) is 1. The van der Waals surface area contributed by atoms with Gasteiger partial charge >= 0.3 is 5.97 Å². The largest absolute Gasteiger partial charge is 0.479 e. The Kier molecular flexibility index (Phi) is 7.40. The van der Waals surface area contributed by atoms with Gasteiger partial charge in [-0.25, -0.2) is 4.79 Å². The molecule has 7 heavy (non-hydrogen) atoms. The summed E-state index contributed by atoms with van der Waals surface area (Å²) < 4.78 is 0. The first kappa shape index (κ1) is 10.6. The quantitative estimate of drug-likeness (QED) is 0.729. The second-order valence-electron chi connectivity index (χ2n) is 0.639. The van der Waals surface area contributed by atoms with Crippen molar-refractivity contribution in [2.24, 2.45) is 0 Å². The molecule has 1 radical (unpaired) electrons. The van der Waals surface area contributed by atoms with E-state index in [0.29, 0.717) is 0 Å². The first-order chi connectivity index (χ1) is 2.64. The van der Waals surface area contributed by atoms with E-state index < -0.39 is 10.8 Å². The van der Waals surface area contributed by atoms with Crippen LogP contribution in [-0.2, 0) is 25.2 Å². The molecule has 0 aliphatic carbocycles. The van der Waals surface area contributed by atoms with Crippen LogP contribution in [0.15, 0.2) is 0 Å². The molecule has 0 unspecified atom stereocenters. The molecule has 2 nitrogen and oxygen atoms in total. The summed E-state index contributed by atoms with van der Waals surface area (Å²) >= 11 is 9.56. The van der Waals surface area contributed by atoms with Crippen LogP contribution in [0.3, 0.4) is 0 Å². The molecule has 0 amide bonds. The van der Waals surface area contributed by atoms with E-state index in [-0.39, 0.29) is 20.4 Å². The summed E-state index contributed by atoms with van der Waals surface area (Å²) in [5, 5.41) is 7.73. The maximum absolute atomic E-state index is 9.44. The Morgan fingerprint density at radius 1 is 1.57 bits per heavy atom. The van der Waals surface area contributed by atoms with Crippen molar-refractivity contribution < 1.29 is 30.3 Å². The third kappa shape index (κ3) is 6.71. The number of halogens is 2. The van der Waals surface area contributed by atoms with Gasteiger partial charge in [0.2, 0.25) is 4.84 Å². The van der Waals surface area contributed by atoms with E-state index in [0.717, 1.165) is 0 Å². The summed E-state index contributed by atoms with van der Waals surface area (Å²) in [6.07, 6.45) is 0. The minimum absolute atomic E-state index is 0. The molecule has 0 atom stereocenters. The van der Waals surface area contributed by atoms with E-state index in [2.05, 4.69) is 0 Å². The molecule has 0 bridgehead atoms. The summed E-state index contributed by atoms with van der Waals surface area (Å²) in [5.74, 6) is -1.21. The first-order valence-electron chi connectivity index (χ1n) is 1.15. The Balaban J connectivity index is 0. The van der Waals surface area contributed by atoms with E-state index in [1.807, 2.05) is 0 Å². The summed E-state index contributed by atoms with van der Waals surface area (Å²) in [6, 6.07) is 0. The van der Waals surface area contributed by atoms with Gasteiger partial charge in [0.15, 0.2) is 0 Å². The Morgan fingerprint density at radius 2 is 1.71 bits per heavy atom. The first-order valence-corrected chi connectivity index (χ1v) is 2.03. The molecule has 0 rings (SSSR count). The molecule has 0 saturated heterocycles. The summed E-state index contributed by atoms with van der Waals surface area (Å²) in [4.78, 5) is 8.15. The predicted octanol–water partition coefficient (Wildman–Crippen LogP) is 0.872. The average Bonchev–Trinajstić information content (AvgIpc) is 1.36.